The number of nitrogens with zero attached hydrogens (tertiary/aromatic N) is 1. The van der Waals surface area contributed by atoms with Crippen LogP contribution in [0.5, 0.6) is 0 Å². The van der Waals surface area contributed by atoms with E-state index in [0.29, 0.717) is 12.8 Å². The molecule has 1 fully saturated rings. The molecule has 6 heteroatoms. The number of carbonyl (C=O) groups excluding carboxylic acids is 2. The van der Waals surface area contributed by atoms with E-state index in [0.717, 1.165) is 24.3 Å². The minimum atomic E-state index is -0.731. The largest absolute Gasteiger partial charge is 0.369 e. The lowest BCUT2D eigenvalue weighted by molar-refractivity contribution is -0.133. The zero-order valence-electron chi connectivity index (χ0n) is 12.3. The lowest BCUT2D eigenvalue weighted by Crippen LogP contribution is -2.48. The Morgan fingerprint density at radius 1 is 1.27 bits per heavy atom. The molecule has 1 saturated heterocycles. The predicted octanol–water partition coefficient (Wildman–Crippen LogP) is 2.09. The Hall–Kier alpha value is -2.24. The van der Waals surface area contributed by atoms with Gasteiger partial charge in [-0.2, -0.15) is 0 Å². The standard InChI is InChI=1S/C16H18F2N2O2/c1-10-5-6-11(16(19)22)9-20(10)15(21)8-7-12-13(17)3-2-4-14(12)18/h2-4,7-8,10-11H,5-6,9H2,1H3,(H2,19,22)/b8-7+. The molecule has 4 nitrogen and oxygen atoms in total. The van der Waals surface area contributed by atoms with Crippen LogP contribution in [-0.2, 0) is 9.59 Å². The third kappa shape index (κ3) is 3.50. The summed E-state index contributed by atoms with van der Waals surface area (Å²) in [5.74, 6) is -2.66. The van der Waals surface area contributed by atoms with Crippen molar-refractivity contribution >= 4 is 17.9 Å². The SMILES string of the molecule is CC1CCC(C(N)=O)CN1C(=O)/C=C/c1c(F)cccc1F. The highest BCUT2D eigenvalue weighted by Crippen LogP contribution is 2.22. The fourth-order valence-corrected chi connectivity index (χ4v) is 2.57. The van der Waals surface area contributed by atoms with Gasteiger partial charge in [0.15, 0.2) is 0 Å². The molecule has 1 heterocycles. The maximum atomic E-state index is 13.5. The summed E-state index contributed by atoms with van der Waals surface area (Å²) in [7, 11) is 0. The van der Waals surface area contributed by atoms with Crippen molar-refractivity contribution in [1.29, 1.82) is 0 Å². The lowest BCUT2D eigenvalue weighted by atomic mass is 9.93. The van der Waals surface area contributed by atoms with Crippen LogP contribution in [-0.4, -0.2) is 29.3 Å². The van der Waals surface area contributed by atoms with Crippen molar-refractivity contribution in [3.05, 3.63) is 41.5 Å². The third-order valence-electron chi connectivity index (χ3n) is 3.96. The number of hydrogen-bond donors (Lipinski definition) is 1. The Morgan fingerprint density at radius 3 is 2.50 bits per heavy atom. The van der Waals surface area contributed by atoms with Crippen molar-refractivity contribution in [2.45, 2.75) is 25.8 Å². The van der Waals surface area contributed by atoms with E-state index < -0.39 is 17.5 Å². The number of carbonyl (C=O) groups is 2. The zero-order valence-corrected chi connectivity index (χ0v) is 12.3. The number of primary amides is 1. The Bertz CT molecular complexity index is 596. The molecule has 22 heavy (non-hydrogen) atoms. The molecule has 2 rings (SSSR count). The monoisotopic (exact) mass is 308 g/mol. The number of nitrogens with two attached hydrogens (primary N) is 1. The summed E-state index contributed by atoms with van der Waals surface area (Å²) >= 11 is 0. The predicted molar refractivity (Wildman–Crippen MR) is 78.5 cm³/mol. The van der Waals surface area contributed by atoms with Crippen LogP contribution in [0.3, 0.4) is 0 Å². The highest BCUT2D eigenvalue weighted by molar-refractivity contribution is 5.92. The van der Waals surface area contributed by atoms with E-state index >= 15 is 0 Å². The molecule has 118 valence electrons. The van der Waals surface area contributed by atoms with Crippen LogP contribution < -0.4 is 5.73 Å². The molecular formula is C16H18F2N2O2. The molecule has 2 amide bonds. The highest BCUT2D eigenvalue weighted by atomic mass is 19.1. The molecule has 1 aliphatic rings. The van der Waals surface area contributed by atoms with E-state index in [1.807, 2.05) is 6.92 Å². The Balaban J connectivity index is 2.13. The molecule has 2 atom stereocenters. The van der Waals surface area contributed by atoms with Gasteiger partial charge in [-0.3, -0.25) is 9.59 Å². The van der Waals surface area contributed by atoms with E-state index in [1.165, 1.54) is 11.0 Å². The van der Waals surface area contributed by atoms with E-state index in [-0.39, 0.29) is 30.0 Å². The van der Waals surface area contributed by atoms with Crippen molar-refractivity contribution < 1.29 is 18.4 Å². The van der Waals surface area contributed by atoms with Crippen LogP contribution in [0.15, 0.2) is 24.3 Å². The Morgan fingerprint density at radius 2 is 1.91 bits per heavy atom. The molecule has 0 aliphatic carbocycles. The minimum Gasteiger partial charge on any atom is -0.369 e. The summed E-state index contributed by atoms with van der Waals surface area (Å²) in [5.41, 5.74) is 5.03. The summed E-state index contributed by atoms with van der Waals surface area (Å²) in [4.78, 5) is 25.0. The number of halogens is 2. The Labute approximate surface area is 127 Å². The van der Waals surface area contributed by atoms with E-state index in [4.69, 9.17) is 5.73 Å². The number of amides is 2. The molecule has 1 aliphatic heterocycles. The van der Waals surface area contributed by atoms with Crippen LogP contribution in [0.2, 0.25) is 0 Å². The number of rotatable bonds is 3. The first kappa shape index (κ1) is 16.1. The van der Waals surface area contributed by atoms with Crippen LogP contribution in [0.25, 0.3) is 6.08 Å². The van der Waals surface area contributed by atoms with Gasteiger partial charge in [0.1, 0.15) is 11.6 Å². The first-order valence-electron chi connectivity index (χ1n) is 7.12. The van der Waals surface area contributed by atoms with Crippen molar-refractivity contribution in [2.24, 2.45) is 11.7 Å². The van der Waals surface area contributed by atoms with Crippen molar-refractivity contribution in [1.82, 2.24) is 4.90 Å². The lowest BCUT2D eigenvalue weighted by Gasteiger charge is -2.36. The second-order valence-corrected chi connectivity index (χ2v) is 5.48. The highest BCUT2D eigenvalue weighted by Gasteiger charge is 2.30. The van der Waals surface area contributed by atoms with E-state index in [2.05, 4.69) is 0 Å². The number of piperidine rings is 1. The molecule has 2 unspecified atom stereocenters. The van der Waals surface area contributed by atoms with E-state index in [1.54, 1.807) is 0 Å². The van der Waals surface area contributed by atoms with Gasteiger partial charge in [-0.05, 0) is 38.0 Å². The van der Waals surface area contributed by atoms with Crippen molar-refractivity contribution in [3.8, 4) is 0 Å². The molecule has 0 bridgehead atoms. The molecule has 0 spiro atoms. The average molecular weight is 308 g/mol. The van der Waals surface area contributed by atoms with Gasteiger partial charge in [-0.25, -0.2) is 8.78 Å². The summed E-state index contributed by atoms with van der Waals surface area (Å²) in [5, 5.41) is 0. The van der Waals surface area contributed by atoms with Gasteiger partial charge in [0.05, 0.1) is 5.92 Å². The van der Waals surface area contributed by atoms with Crippen LogP contribution in [0.4, 0.5) is 8.78 Å². The molecule has 2 N–H and O–H groups in total. The van der Waals surface area contributed by atoms with E-state index in [9.17, 15) is 18.4 Å². The maximum absolute atomic E-state index is 13.5. The van der Waals surface area contributed by atoms with Gasteiger partial charge in [0.2, 0.25) is 11.8 Å². The second kappa shape index (κ2) is 6.68. The summed E-state index contributed by atoms with van der Waals surface area (Å²) in [6, 6.07) is 3.46. The van der Waals surface area contributed by atoms with Crippen molar-refractivity contribution in [3.63, 3.8) is 0 Å². The zero-order chi connectivity index (χ0) is 16.3. The summed E-state index contributed by atoms with van der Waals surface area (Å²) in [6.07, 6.45) is 3.56. The van der Waals surface area contributed by atoms with Gasteiger partial charge in [-0.15, -0.1) is 0 Å². The number of hydrogen-bond acceptors (Lipinski definition) is 2. The molecule has 0 aromatic heterocycles. The molecule has 0 radical (unpaired) electrons. The molecule has 0 saturated carbocycles. The summed E-state index contributed by atoms with van der Waals surface area (Å²) < 4.78 is 27.0. The maximum Gasteiger partial charge on any atom is 0.246 e. The molecular weight excluding hydrogens is 290 g/mol. The minimum absolute atomic E-state index is 0.0433. The fraction of sp³-hybridized carbons (Fsp3) is 0.375. The van der Waals surface area contributed by atoms with Crippen molar-refractivity contribution in [2.75, 3.05) is 6.54 Å². The van der Waals surface area contributed by atoms with Crippen LogP contribution >= 0.6 is 0 Å². The number of likely N-dealkylation sites (tertiary alicyclic amines) is 1. The smallest absolute Gasteiger partial charge is 0.246 e. The average Bonchev–Trinajstić information content (AvgIpc) is 2.46. The third-order valence-corrected chi connectivity index (χ3v) is 3.96. The van der Waals surface area contributed by atoms with Crippen LogP contribution in [0.1, 0.15) is 25.3 Å². The Kier molecular flexibility index (Phi) is 4.90. The number of benzene rings is 1. The first-order chi connectivity index (χ1) is 10.4. The normalized spacial score (nSPS) is 22.0. The van der Waals surface area contributed by atoms with Crippen LogP contribution in [0, 0.1) is 17.6 Å². The first-order valence-corrected chi connectivity index (χ1v) is 7.12. The second-order valence-electron chi connectivity index (χ2n) is 5.48. The molecule has 1 aromatic carbocycles. The fourth-order valence-electron chi connectivity index (χ4n) is 2.57. The van der Waals surface area contributed by atoms with Gasteiger partial charge in [-0.1, -0.05) is 6.07 Å². The molecule has 1 aromatic rings. The topological polar surface area (TPSA) is 63.4 Å². The van der Waals surface area contributed by atoms with Gasteiger partial charge in [0.25, 0.3) is 0 Å². The summed E-state index contributed by atoms with van der Waals surface area (Å²) in [6.45, 7) is 2.10. The van der Waals surface area contributed by atoms with Gasteiger partial charge >= 0.3 is 0 Å². The van der Waals surface area contributed by atoms with Gasteiger partial charge < -0.3 is 10.6 Å². The quantitative estimate of drug-likeness (QED) is 0.869. The van der Waals surface area contributed by atoms with Gasteiger partial charge in [0, 0.05) is 24.2 Å².